The molecule has 22 heavy (non-hydrogen) atoms. The van der Waals surface area contributed by atoms with Crippen LogP contribution < -0.4 is 5.73 Å². The quantitative estimate of drug-likeness (QED) is 0.821. The number of carbonyl (C=O) groups is 1. The predicted octanol–water partition coefficient (Wildman–Crippen LogP) is 3.54. The molecule has 0 heterocycles. The topological polar surface area (TPSA) is 63.3 Å². The monoisotopic (exact) mass is 317 g/mol. The van der Waals surface area contributed by atoms with Gasteiger partial charge in [-0.05, 0) is 42.5 Å². The predicted molar refractivity (Wildman–Crippen MR) is 89.0 cm³/mol. The zero-order valence-electron chi connectivity index (χ0n) is 12.3. The van der Waals surface area contributed by atoms with E-state index in [1.807, 2.05) is 42.5 Å². The molecule has 0 saturated heterocycles. The molecule has 2 atom stereocenters. The number of benzene rings is 2. The van der Waals surface area contributed by atoms with Crippen LogP contribution in [-0.4, -0.2) is 17.1 Å². The summed E-state index contributed by atoms with van der Waals surface area (Å²) in [5.74, 6) is -1.44. The van der Waals surface area contributed by atoms with Gasteiger partial charge in [0.05, 0.1) is 5.92 Å². The Kier molecular flexibility index (Phi) is 5.99. The largest absolute Gasteiger partial charge is 0.481 e. The summed E-state index contributed by atoms with van der Waals surface area (Å²) in [6.45, 7) is 0. The van der Waals surface area contributed by atoms with Crippen molar-refractivity contribution in [3.8, 4) is 0 Å². The SMILES string of the molecule is NC(CCc1ccccc1)C(Cc1ccc(Cl)cc1)C(=O)O. The summed E-state index contributed by atoms with van der Waals surface area (Å²) in [5.41, 5.74) is 8.25. The van der Waals surface area contributed by atoms with Crippen molar-refractivity contribution in [2.45, 2.75) is 25.3 Å². The minimum atomic E-state index is -0.851. The van der Waals surface area contributed by atoms with Crippen molar-refractivity contribution in [2.24, 2.45) is 11.7 Å². The third kappa shape index (κ3) is 4.86. The van der Waals surface area contributed by atoms with Crippen LogP contribution in [0, 0.1) is 5.92 Å². The van der Waals surface area contributed by atoms with E-state index < -0.39 is 11.9 Å². The number of nitrogens with two attached hydrogens (primary N) is 1. The summed E-state index contributed by atoms with van der Waals surface area (Å²) in [6, 6.07) is 16.8. The van der Waals surface area contributed by atoms with E-state index in [0.717, 1.165) is 12.0 Å². The maximum atomic E-state index is 11.5. The van der Waals surface area contributed by atoms with E-state index in [2.05, 4.69) is 0 Å². The molecular weight excluding hydrogens is 298 g/mol. The Bertz CT molecular complexity index is 598. The van der Waals surface area contributed by atoms with Gasteiger partial charge in [-0.2, -0.15) is 0 Å². The van der Waals surface area contributed by atoms with E-state index in [4.69, 9.17) is 17.3 Å². The highest BCUT2D eigenvalue weighted by Crippen LogP contribution is 2.18. The lowest BCUT2D eigenvalue weighted by Crippen LogP contribution is -2.37. The molecule has 2 aromatic rings. The first kappa shape index (κ1) is 16.5. The van der Waals surface area contributed by atoms with Gasteiger partial charge in [-0.1, -0.05) is 54.1 Å². The van der Waals surface area contributed by atoms with E-state index in [0.29, 0.717) is 17.9 Å². The highest BCUT2D eigenvalue weighted by molar-refractivity contribution is 6.30. The Balaban J connectivity index is 1.97. The fourth-order valence-electron chi connectivity index (χ4n) is 2.48. The van der Waals surface area contributed by atoms with Crippen molar-refractivity contribution >= 4 is 17.6 Å². The average molecular weight is 318 g/mol. The first-order valence-electron chi connectivity index (χ1n) is 7.33. The molecule has 2 aromatic carbocycles. The van der Waals surface area contributed by atoms with E-state index in [-0.39, 0.29) is 6.04 Å². The summed E-state index contributed by atoms with van der Waals surface area (Å²) in [6.07, 6.45) is 1.85. The minimum absolute atomic E-state index is 0.381. The Morgan fingerprint density at radius 3 is 2.27 bits per heavy atom. The smallest absolute Gasteiger partial charge is 0.308 e. The Hall–Kier alpha value is -1.84. The second-order valence-electron chi connectivity index (χ2n) is 5.46. The molecule has 0 aromatic heterocycles. The number of hydrogen-bond donors (Lipinski definition) is 2. The second kappa shape index (κ2) is 7.97. The Morgan fingerprint density at radius 1 is 1.05 bits per heavy atom. The number of hydrogen-bond acceptors (Lipinski definition) is 2. The number of aliphatic carboxylic acids is 1. The molecule has 0 aliphatic heterocycles. The van der Waals surface area contributed by atoms with Crippen LogP contribution in [0.1, 0.15) is 17.5 Å². The normalized spacial score (nSPS) is 13.5. The Labute approximate surface area is 135 Å². The van der Waals surface area contributed by atoms with Crippen LogP contribution in [0.25, 0.3) is 0 Å². The van der Waals surface area contributed by atoms with Gasteiger partial charge in [-0.25, -0.2) is 0 Å². The van der Waals surface area contributed by atoms with Crippen LogP contribution in [0.5, 0.6) is 0 Å². The zero-order chi connectivity index (χ0) is 15.9. The molecule has 0 amide bonds. The molecule has 0 bridgehead atoms. The lowest BCUT2D eigenvalue weighted by atomic mass is 9.89. The second-order valence-corrected chi connectivity index (χ2v) is 5.90. The van der Waals surface area contributed by atoms with E-state index in [1.165, 1.54) is 5.56 Å². The van der Waals surface area contributed by atoms with Crippen LogP contribution in [0.3, 0.4) is 0 Å². The van der Waals surface area contributed by atoms with Gasteiger partial charge in [0.2, 0.25) is 0 Å². The number of aryl methyl sites for hydroxylation is 1. The minimum Gasteiger partial charge on any atom is -0.481 e. The van der Waals surface area contributed by atoms with Crippen LogP contribution >= 0.6 is 11.6 Å². The summed E-state index contributed by atoms with van der Waals surface area (Å²) in [4.78, 5) is 11.5. The molecule has 0 aliphatic rings. The van der Waals surface area contributed by atoms with Gasteiger partial charge in [0, 0.05) is 11.1 Å². The molecule has 2 rings (SSSR count). The van der Waals surface area contributed by atoms with Crippen LogP contribution in [0.15, 0.2) is 54.6 Å². The third-order valence-electron chi connectivity index (χ3n) is 3.81. The van der Waals surface area contributed by atoms with Crippen molar-refractivity contribution in [3.05, 3.63) is 70.7 Å². The average Bonchev–Trinajstić information content (AvgIpc) is 2.52. The first-order chi connectivity index (χ1) is 10.6. The van der Waals surface area contributed by atoms with Gasteiger partial charge in [0.25, 0.3) is 0 Å². The maximum Gasteiger partial charge on any atom is 0.308 e. The standard InChI is InChI=1S/C18H20ClNO2/c19-15-9-6-14(7-10-15)12-16(18(21)22)17(20)11-8-13-4-2-1-3-5-13/h1-7,9-10,16-17H,8,11-12,20H2,(H,21,22). The maximum absolute atomic E-state index is 11.5. The summed E-state index contributed by atoms with van der Waals surface area (Å²) >= 11 is 5.85. The number of halogens is 1. The molecular formula is C18H20ClNO2. The van der Waals surface area contributed by atoms with Gasteiger partial charge in [0.1, 0.15) is 0 Å². The Morgan fingerprint density at radius 2 is 1.68 bits per heavy atom. The fourth-order valence-corrected chi connectivity index (χ4v) is 2.60. The molecule has 2 unspecified atom stereocenters. The van der Waals surface area contributed by atoms with Crippen LogP contribution in [-0.2, 0) is 17.6 Å². The van der Waals surface area contributed by atoms with E-state index in [1.54, 1.807) is 12.1 Å². The number of rotatable bonds is 7. The summed E-state index contributed by atoms with van der Waals surface area (Å²) in [7, 11) is 0. The van der Waals surface area contributed by atoms with Gasteiger partial charge in [-0.3, -0.25) is 4.79 Å². The van der Waals surface area contributed by atoms with Gasteiger partial charge >= 0.3 is 5.97 Å². The molecule has 0 aliphatic carbocycles. The highest BCUT2D eigenvalue weighted by atomic mass is 35.5. The van der Waals surface area contributed by atoms with Gasteiger partial charge < -0.3 is 10.8 Å². The number of carboxylic acid groups (broad SMARTS) is 1. The van der Waals surface area contributed by atoms with E-state index >= 15 is 0 Å². The van der Waals surface area contributed by atoms with Crippen molar-refractivity contribution in [3.63, 3.8) is 0 Å². The third-order valence-corrected chi connectivity index (χ3v) is 4.06. The van der Waals surface area contributed by atoms with Crippen molar-refractivity contribution in [1.82, 2.24) is 0 Å². The first-order valence-corrected chi connectivity index (χ1v) is 7.71. The molecule has 0 radical (unpaired) electrons. The molecule has 3 nitrogen and oxygen atoms in total. The molecule has 4 heteroatoms. The van der Waals surface area contributed by atoms with Crippen LogP contribution in [0.4, 0.5) is 0 Å². The molecule has 0 saturated carbocycles. The van der Waals surface area contributed by atoms with Crippen molar-refractivity contribution in [2.75, 3.05) is 0 Å². The zero-order valence-corrected chi connectivity index (χ0v) is 13.0. The summed E-state index contributed by atoms with van der Waals surface area (Å²) < 4.78 is 0. The molecule has 0 spiro atoms. The lowest BCUT2D eigenvalue weighted by molar-refractivity contribution is -0.142. The number of carboxylic acids is 1. The molecule has 116 valence electrons. The lowest BCUT2D eigenvalue weighted by Gasteiger charge is -2.20. The van der Waals surface area contributed by atoms with E-state index in [9.17, 15) is 9.90 Å². The fraction of sp³-hybridized carbons (Fsp3) is 0.278. The van der Waals surface area contributed by atoms with Crippen molar-refractivity contribution in [1.29, 1.82) is 0 Å². The van der Waals surface area contributed by atoms with Gasteiger partial charge in [-0.15, -0.1) is 0 Å². The molecule has 0 fully saturated rings. The van der Waals surface area contributed by atoms with Gasteiger partial charge in [0.15, 0.2) is 0 Å². The highest BCUT2D eigenvalue weighted by Gasteiger charge is 2.25. The summed E-state index contributed by atoms with van der Waals surface area (Å²) in [5, 5.41) is 10.1. The van der Waals surface area contributed by atoms with Crippen LogP contribution in [0.2, 0.25) is 5.02 Å². The molecule has 3 N–H and O–H groups in total. The van der Waals surface area contributed by atoms with Crippen molar-refractivity contribution < 1.29 is 9.90 Å².